The Morgan fingerprint density at radius 2 is 1.93 bits per heavy atom. The molecular formula is C20H18ClN3O3. The van der Waals surface area contributed by atoms with Crippen molar-refractivity contribution in [2.45, 2.75) is 19.4 Å². The number of fused-ring (bicyclic) bond motifs is 1. The summed E-state index contributed by atoms with van der Waals surface area (Å²) in [7, 11) is 0. The van der Waals surface area contributed by atoms with Crippen LogP contribution in [-0.2, 0) is 9.59 Å². The third kappa shape index (κ3) is 4.01. The van der Waals surface area contributed by atoms with E-state index < -0.39 is 11.9 Å². The van der Waals surface area contributed by atoms with E-state index in [9.17, 15) is 14.4 Å². The van der Waals surface area contributed by atoms with Gasteiger partial charge < -0.3 is 16.0 Å². The molecule has 2 aromatic carbocycles. The predicted molar refractivity (Wildman–Crippen MR) is 104 cm³/mol. The zero-order valence-corrected chi connectivity index (χ0v) is 15.4. The van der Waals surface area contributed by atoms with E-state index in [0.717, 1.165) is 11.1 Å². The Kier molecular flexibility index (Phi) is 5.28. The van der Waals surface area contributed by atoms with Crippen molar-refractivity contribution in [3.8, 4) is 0 Å². The fraction of sp³-hybridized carbons (Fsp3) is 0.150. The van der Waals surface area contributed by atoms with Crippen LogP contribution in [0.25, 0.3) is 6.08 Å². The third-order valence-corrected chi connectivity index (χ3v) is 4.68. The largest absolute Gasteiger partial charge is 0.366 e. The summed E-state index contributed by atoms with van der Waals surface area (Å²) in [5.74, 6) is -1.06. The number of carbonyl (C=O) groups is 3. The molecule has 3 amide bonds. The van der Waals surface area contributed by atoms with Crippen molar-refractivity contribution >= 4 is 41.1 Å². The smallest absolute Gasteiger partial charge is 0.250 e. The van der Waals surface area contributed by atoms with E-state index in [1.54, 1.807) is 17.2 Å². The van der Waals surface area contributed by atoms with Crippen molar-refractivity contribution < 1.29 is 14.4 Å². The minimum absolute atomic E-state index is 0.0795. The van der Waals surface area contributed by atoms with Crippen molar-refractivity contribution in [3.63, 3.8) is 0 Å². The first-order chi connectivity index (χ1) is 12.9. The lowest BCUT2D eigenvalue weighted by atomic mass is 9.93. The van der Waals surface area contributed by atoms with Gasteiger partial charge >= 0.3 is 0 Å². The van der Waals surface area contributed by atoms with Gasteiger partial charge in [0.1, 0.15) is 0 Å². The molecule has 0 saturated carbocycles. The molecule has 1 heterocycles. The first-order valence-electron chi connectivity index (χ1n) is 8.32. The molecule has 0 spiro atoms. The number of benzene rings is 2. The van der Waals surface area contributed by atoms with Crippen molar-refractivity contribution in [2.75, 3.05) is 5.32 Å². The van der Waals surface area contributed by atoms with Gasteiger partial charge in [0, 0.05) is 18.8 Å². The van der Waals surface area contributed by atoms with E-state index in [1.165, 1.54) is 19.1 Å². The van der Waals surface area contributed by atoms with Gasteiger partial charge in [0.25, 0.3) is 0 Å². The average molecular weight is 384 g/mol. The number of rotatable bonds is 4. The maximum Gasteiger partial charge on any atom is 0.250 e. The van der Waals surface area contributed by atoms with Gasteiger partial charge in [-0.15, -0.1) is 0 Å². The van der Waals surface area contributed by atoms with Gasteiger partial charge in [-0.1, -0.05) is 35.9 Å². The topological polar surface area (TPSA) is 92.5 Å². The standard InChI is InChI=1S/C20H18ClN3O3/c1-12(25)24-9-8-13-4-2-3-5-15(13)18(24)11-19(26)23-14-6-7-16(20(22)27)17(21)10-14/h2-10,18H,11H2,1H3,(H2,22,27)(H,23,26). The van der Waals surface area contributed by atoms with Crippen LogP contribution >= 0.6 is 11.6 Å². The van der Waals surface area contributed by atoms with Gasteiger partial charge in [0.2, 0.25) is 17.7 Å². The zero-order valence-electron chi connectivity index (χ0n) is 14.6. The molecule has 3 N–H and O–H groups in total. The second-order valence-corrected chi connectivity index (χ2v) is 6.61. The van der Waals surface area contributed by atoms with Gasteiger partial charge in [-0.3, -0.25) is 14.4 Å². The summed E-state index contributed by atoms with van der Waals surface area (Å²) in [6.07, 6.45) is 3.63. The summed E-state index contributed by atoms with van der Waals surface area (Å²) >= 11 is 6.02. The summed E-state index contributed by atoms with van der Waals surface area (Å²) < 4.78 is 0. The monoisotopic (exact) mass is 383 g/mol. The molecule has 6 nitrogen and oxygen atoms in total. The van der Waals surface area contributed by atoms with Crippen LogP contribution in [0.4, 0.5) is 5.69 Å². The number of hydrogen-bond acceptors (Lipinski definition) is 3. The summed E-state index contributed by atoms with van der Waals surface area (Å²) in [5.41, 5.74) is 7.74. The Bertz CT molecular complexity index is 955. The number of hydrogen-bond donors (Lipinski definition) is 2. The summed E-state index contributed by atoms with van der Waals surface area (Å²) in [4.78, 5) is 37.4. The van der Waals surface area contributed by atoms with E-state index in [2.05, 4.69) is 5.32 Å². The fourth-order valence-corrected chi connectivity index (χ4v) is 3.37. The number of carbonyl (C=O) groups excluding carboxylic acids is 3. The fourth-order valence-electron chi connectivity index (χ4n) is 3.09. The van der Waals surface area contributed by atoms with Crippen LogP contribution in [0.1, 0.15) is 40.9 Å². The highest BCUT2D eigenvalue weighted by Crippen LogP contribution is 2.33. The molecule has 1 aliphatic rings. The SMILES string of the molecule is CC(=O)N1C=Cc2ccccc2C1CC(=O)Nc1ccc(C(N)=O)c(Cl)c1. The Labute approximate surface area is 161 Å². The molecule has 0 aliphatic carbocycles. The molecule has 1 aliphatic heterocycles. The first kappa shape index (κ1) is 18.7. The highest BCUT2D eigenvalue weighted by atomic mass is 35.5. The lowest BCUT2D eigenvalue weighted by Gasteiger charge is -2.32. The highest BCUT2D eigenvalue weighted by Gasteiger charge is 2.28. The lowest BCUT2D eigenvalue weighted by molar-refractivity contribution is -0.129. The summed E-state index contributed by atoms with van der Waals surface area (Å²) in [6, 6.07) is 11.7. The molecule has 0 radical (unpaired) electrons. The van der Waals surface area contributed by atoms with Crippen LogP contribution in [0, 0.1) is 0 Å². The second kappa shape index (κ2) is 7.63. The highest BCUT2D eigenvalue weighted by molar-refractivity contribution is 6.34. The molecule has 0 saturated heterocycles. The Balaban J connectivity index is 1.80. The first-order valence-corrected chi connectivity index (χ1v) is 8.70. The van der Waals surface area contributed by atoms with E-state index in [-0.39, 0.29) is 28.8 Å². The van der Waals surface area contributed by atoms with Gasteiger partial charge in [-0.25, -0.2) is 0 Å². The number of anilines is 1. The number of halogens is 1. The van der Waals surface area contributed by atoms with Crippen molar-refractivity contribution in [3.05, 3.63) is 70.4 Å². The van der Waals surface area contributed by atoms with Crippen molar-refractivity contribution in [1.29, 1.82) is 0 Å². The number of amides is 3. The van der Waals surface area contributed by atoms with E-state index in [1.807, 2.05) is 30.3 Å². The molecular weight excluding hydrogens is 366 g/mol. The van der Waals surface area contributed by atoms with Crippen molar-refractivity contribution in [2.24, 2.45) is 5.73 Å². The molecule has 1 atom stereocenters. The predicted octanol–water partition coefficient (Wildman–Crippen LogP) is 3.34. The molecule has 7 heteroatoms. The summed E-state index contributed by atoms with van der Waals surface area (Å²) in [5, 5.41) is 2.91. The molecule has 0 fully saturated rings. The van der Waals surface area contributed by atoms with Crippen LogP contribution in [0.15, 0.2) is 48.7 Å². The van der Waals surface area contributed by atoms with Gasteiger partial charge in [-0.2, -0.15) is 0 Å². The molecule has 2 aromatic rings. The molecule has 3 rings (SSSR count). The lowest BCUT2D eigenvalue weighted by Crippen LogP contribution is -2.33. The van der Waals surface area contributed by atoms with E-state index >= 15 is 0 Å². The average Bonchev–Trinajstić information content (AvgIpc) is 2.61. The quantitative estimate of drug-likeness (QED) is 0.847. The number of nitrogens with two attached hydrogens (primary N) is 1. The van der Waals surface area contributed by atoms with Crippen LogP contribution in [0.3, 0.4) is 0 Å². The number of primary amides is 1. The Hall–Kier alpha value is -3.12. The normalized spacial score (nSPS) is 15.2. The maximum atomic E-state index is 12.6. The van der Waals surface area contributed by atoms with Gasteiger partial charge in [0.05, 0.1) is 23.0 Å². The molecule has 1 unspecified atom stereocenters. The second-order valence-electron chi connectivity index (χ2n) is 6.20. The van der Waals surface area contributed by atoms with E-state index in [0.29, 0.717) is 5.69 Å². The third-order valence-electron chi connectivity index (χ3n) is 4.37. The van der Waals surface area contributed by atoms with Crippen LogP contribution in [0.5, 0.6) is 0 Å². The Morgan fingerprint density at radius 3 is 2.59 bits per heavy atom. The minimum Gasteiger partial charge on any atom is -0.366 e. The van der Waals surface area contributed by atoms with E-state index in [4.69, 9.17) is 17.3 Å². The molecule has 138 valence electrons. The van der Waals surface area contributed by atoms with Gasteiger partial charge in [0.15, 0.2) is 0 Å². The van der Waals surface area contributed by atoms with Gasteiger partial charge in [-0.05, 0) is 35.4 Å². The maximum absolute atomic E-state index is 12.6. The van der Waals surface area contributed by atoms with Crippen LogP contribution < -0.4 is 11.1 Å². The number of nitrogens with zero attached hydrogens (tertiary/aromatic N) is 1. The van der Waals surface area contributed by atoms with Crippen molar-refractivity contribution in [1.82, 2.24) is 4.90 Å². The number of nitrogens with one attached hydrogen (secondary N) is 1. The van der Waals surface area contributed by atoms with Crippen LogP contribution in [0.2, 0.25) is 5.02 Å². The molecule has 0 aromatic heterocycles. The molecule has 27 heavy (non-hydrogen) atoms. The Morgan fingerprint density at radius 1 is 1.19 bits per heavy atom. The minimum atomic E-state index is -0.638. The zero-order chi connectivity index (χ0) is 19.6. The summed E-state index contributed by atoms with van der Waals surface area (Å²) in [6.45, 7) is 1.46. The molecule has 0 bridgehead atoms. The van der Waals surface area contributed by atoms with Crippen LogP contribution in [-0.4, -0.2) is 22.6 Å².